The smallest absolute Gasteiger partial charge is 0.230 e. The summed E-state index contributed by atoms with van der Waals surface area (Å²) in [4.78, 5) is 12.7. The molecule has 0 aliphatic carbocycles. The van der Waals surface area contributed by atoms with Crippen LogP contribution in [0.3, 0.4) is 0 Å². The molecule has 0 spiro atoms. The molecule has 0 fully saturated rings. The average Bonchev–Trinajstić information content (AvgIpc) is 2.96. The van der Waals surface area contributed by atoms with E-state index in [-0.39, 0.29) is 17.5 Å². The topological polar surface area (TPSA) is 59.3 Å². The number of nitrogens with one attached hydrogen (secondary N) is 1. The molecule has 0 bridgehead atoms. The molecule has 5 nitrogen and oxygen atoms in total. The zero-order valence-corrected chi connectivity index (χ0v) is 12.4. The normalized spacial score (nSPS) is 10.8. The summed E-state index contributed by atoms with van der Waals surface area (Å²) in [6.45, 7) is 0.313. The molecule has 2 aromatic heterocycles. The minimum Gasteiger partial charge on any atom is -0.348 e. The third-order valence-electron chi connectivity index (χ3n) is 3.01. The van der Waals surface area contributed by atoms with Gasteiger partial charge >= 0.3 is 0 Å². The van der Waals surface area contributed by atoms with Crippen molar-refractivity contribution < 1.29 is 9.18 Å². The van der Waals surface area contributed by atoms with Gasteiger partial charge in [-0.3, -0.25) is 9.20 Å². The number of carbonyl (C=O) groups excluding carboxylic acids is 1. The van der Waals surface area contributed by atoms with E-state index in [0.717, 1.165) is 10.5 Å². The van der Waals surface area contributed by atoms with E-state index >= 15 is 0 Å². The molecule has 7 heteroatoms. The molecule has 3 rings (SSSR count). The molecule has 2 heterocycles. The van der Waals surface area contributed by atoms with Crippen molar-refractivity contribution in [3.8, 4) is 0 Å². The highest BCUT2D eigenvalue weighted by molar-refractivity contribution is 8.00. The molecule has 0 aliphatic heterocycles. The molecular formula is C15H13FN4OS. The summed E-state index contributed by atoms with van der Waals surface area (Å²) in [6.07, 6.45) is 1.85. The van der Waals surface area contributed by atoms with Crippen molar-refractivity contribution in [2.75, 3.05) is 5.75 Å². The SMILES string of the molecule is O=C(CSc1ccc(F)cc1)NCc1nnc2ccccn12. The van der Waals surface area contributed by atoms with Crippen LogP contribution >= 0.6 is 11.8 Å². The summed E-state index contributed by atoms with van der Waals surface area (Å²) in [6, 6.07) is 11.7. The first-order valence-corrected chi connectivity index (χ1v) is 7.64. The minimum atomic E-state index is -0.285. The van der Waals surface area contributed by atoms with Crippen LogP contribution in [0.25, 0.3) is 5.65 Å². The van der Waals surface area contributed by atoms with Gasteiger partial charge in [0.1, 0.15) is 5.82 Å². The number of fused-ring (bicyclic) bond motifs is 1. The van der Waals surface area contributed by atoms with Crippen LogP contribution in [-0.2, 0) is 11.3 Å². The predicted molar refractivity (Wildman–Crippen MR) is 82.0 cm³/mol. The van der Waals surface area contributed by atoms with Crippen molar-refractivity contribution in [3.05, 3.63) is 60.3 Å². The second kappa shape index (κ2) is 6.57. The van der Waals surface area contributed by atoms with Gasteiger partial charge in [-0.1, -0.05) is 6.07 Å². The van der Waals surface area contributed by atoms with Gasteiger partial charge in [0.2, 0.25) is 5.91 Å². The summed E-state index contributed by atoms with van der Waals surface area (Å²) in [5, 5.41) is 10.9. The highest BCUT2D eigenvalue weighted by Gasteiger charge is 2.07. The van der Waals surface area contributed by atoms with Gasteiger partial charge in [-0.25, -0.2) is 4.39 Å². The number of benzene rings is 1. The lowest BCUT2D eigenvalue weighted by molar-refractivity contribution is -0.118. The van der Waals surface area contributed by atoms with E-state index in [1.54, 1.807) is 12.1 Å². The third kappa shape index (κ3) is 3.43. The predicted octanol–water partition coefficient (Wildman–Crippen LogP) is 2.28. The molecule has 0 aliphatic rings. The number of aromatic nitrogens is 3. The molecule has 112 valence electrons. The van der Waals surface area contributed by atoms with Crippen LogP contribution in [0.5, 0.6) is 0 Å². The first kappa shape index (κ1) is 14.5. The van der Waals surface area contributed by atoms with Gasteiger partial charge in [0.25, 0.3) is 0 Å². The van der Waals surface area contributed by atoms with E-state index in [0.29, 0.717) is 12.4 Å². The summed E-state index contributed by atoms with van der Waals surface area (Å²) >= 11 is 1.36. The summed E-state index contributed by atoms with van der Waals surface area (Å²) in [5.41, 5.74) is 0.743. The molecule has 0 saturated carbocycles. The summed E-state index contributed by atoms with van der Waals surface area (Å²) < 4.78 is 14.6. The Kier molecular flexibility index (Phi) is 4.34. The van der Waals surface area contributed by atoms with Gasteiger partial charge in [-0.2, -0.15) is 0 Å². The zero-order chi connectivity index (χ0) is 15.4. The number of nitrogens with zero attached hydrogens (tertiary/aromatic N) is 3. The fourth-order valence-electron chi connectivity index (χ4n) is 1.92. The highest BCUT2D eigenvalue weighted by atomic mass is 32.2. The van der Waals surface area contributed by atoms with Gasteiger partial charge in [0.05, 0.1) is 12.3 Å². The Morgan fingerprint density at radius 3 is 2.82 bits per heavy atom. The van der Waals surface area contributed by atoms with Crippen LogP contribution < -0.4 is 5.32 Å². The fourth-order valence-corrected chi connectivity index (χ4v) is 2.65. The van der Waals surface area contributed by atoms with Gasteiger partial charge in [-0.05, 0) is 36.4 Å². The average molecular weight is 316 g/mol. The number of halogens is 1. The number of hydrogen-bond acceptors (Lipinski definition) is 4. The molecule has 0 atom stereocenters. The van der Waals surface area contributed by atoms with E-state index in [9.17, 15) is 9.18 Å². The third-order valence-corrected chi connectivity index (χ3v) is 4.02. The molecule has 22 heavy (non-hydrogen) atoms. The fraction of sp³-hybridized carbons (Fsp3) is 0.133. The Morgan fingerprint density at radius 1 is 1.18 bits per heavy atom. The summed E-state index contributed by atoms with van der Waals surface area (Å²) in [7, 11) is 0. The standard InChI is InChI=1S/C15H13FN4OS/c16-11-4-6-12(7-5-11)22-10-15(21)17-9-14-19-18-13-3-1-2-8-20(13)14/h1-8H,9-10H2,(H,17,21). The van der Waals surface area contributed by atoms with Gasteiger partial charge < -0.3 is 5.32 Å². The molecule has 1 N–H and O–H groups in total. The Balaban J connectivity index is 1.53. The number of thioether (sulfide) groups is 1. The van der Waals surface area contributed by atoms with E-state index in [4.69, 9.17) is 0 Å². The maximum atomic E-state index is 12.8. The Labute approximate surface area is 130 Å². The summed E-state index contributed by atoms with van der Waals surface area (Å²) in [5.74, 6) is 0.549. The van der Waals surface area contributed by atoms with Crippen LogP contribution in [-0.4, -0.2) is 26.3 Å². The number of rotatable bonds is 5. The van der Waals surface area contributed by atoms with Crippen molar-refractivity contribution >= 4 is 23.3 Å². The quantitative estimate of drug-likeness (QED) is 0.734. The Morgan fingerprint density at radius 2 is 2.00 bits per heavy atom. The van der Waals surface area contributed by atoms with Crippen LogP contribution in [0.15, 0.2) is 53.6 Å². The molecular weight excluding hydrogens is 303 g/mol. The van der Waals surface area contributed by atoms with Crippen LogP contribution in [0.2, 0.25) is 0 Å². The van der Waals surface area contributed by atoms with Crippen LogP contribution in [0.4, 0.5) is 4.39 Å². The second-order valence-electron chi connectivity index (χ2n) is 4.56. The lowest BCUT2D eigenvalue weighted by Crippen LogP contribution is -2.25. The highest BCUT2D eigenvalue weighted by Crippen LogP contribution is 2.17. The molecule has 0 saturated heterocycles. The second-order valence-corrected chi connectivity index (χ2v) is 5.61. The van der Waals surface area contributed by atoms with Crippen molar-refractivity contribution in [3.63, 3.8) is 0 Å². The zero-order valence-electron chi connectivity index (χ0n) is 11.6. The molecule has 0 radical (unpaired) electrons. The van der Waals surface area contributed by atoms with Gasteiger partial charge in [0, 0.05) is 11.1 Å². The lowest BCUT2D eigenvalue weighted by atomic mass is 10.4. The molecule has 3 aromatic rings. The number of carbonyl (C=O) groups is 1. The molecule has 1 aromatic carbocycles. The minimum absolute atomic E-state index is 0.109. The van der Waals surface area contributed by atoms with E-state index in [1.807, 2.05) is 28.8 Å². The van der Waals surface area contributed by atoms with Gasteiger partial charge in [0.15, 0.2) is 11.5 Å². The lowest BCUT2D eigenvalue weighted by Gasteiger charge is -2.04. The Bertz CT molecular complexity index is 788. The number of pyridine rings is 1. The van der Waals surface area contributed by atoms with Crippen molar-refractivity contribution in [2.45, 2.75) is 11.4 Å². The van der Waals surface area contributed by atoms with E-state index < -0.39 is 0 Å². The number of hydrogen-bond donors (Lipinski definition) is 1. The maximum Gasteiger partial charge on any atom is 0.230 e. The largest absolute Gasteiger partial charge is 0.348 e. The van der Waals surface area contributed by atoms with E-state index in [2.05, 4.69) is 15.5 Å². The van der Waals surface area contributed by atoms with E-state index in [1.165, 1.54) is 23.9 Å². The van der Waals surface area contributed by atoms with Crippen LogP contribution in [0, 0.1) is 5.82 Å². The number of amides is 1. The Hall–Kier alpha value is -2.41. The first-order chi connectivity index (χ1) is 10.7. The van der Waals surface area contributed by atoms with Gasteiger partial charge in [-0.15, -0.1) is 22.0 Å². The molecule has 1 amide bonds. The van der Waals surface area contributed by atoms with Crippen molar-refractivity contribution in [1.29, 1.82) is 0 Å². The van der Waals surface area contributed by atoms with Crippen LogP contribution in [0.1, 0.15) is 5.82 Å². The first-order valence-electron chi connectivity index (χ1n) is 6.66. The van der Waals surface area contributed by atoms with Crippen molar-refractivity contribution in [1.82, 2.24) is 19.9 Å². The monoisotopic (exact) mass is 316 g/mol. The molecule has 0 unspecified atom stereocenters. The maximum absolute atomic E-state index is 12.8. The van der Waals surface area contributed by atoms with Crippen molar-refractivity contribution in [2.24, 2.45) is 0 Å².